The van der Waals surface area contributed by atoms with E-state index in [9.17, 15) is 8.42 Å². The SMILES string of the molecule is CCCNC(CC1CCCN(S(C)(=O)=O)C1)C1CC1. The monoisotopic (exact) mass is 288 g/mol. The second kappa shape index (κ2) is 6.55. The maximum absolute atomic E-state index is 11.6. The van der Waals surface area contributed by atoms with Gasteiger partial charge < -0.3 is 5.32 Å². The van der Waals surface area contributed by atoms with Crippen LogP contribution in [0.2, 0.25) is 0 Å². The molecular formula is C14H28N2O2S. The molecule has 1 saturated heterocycles. The van der Waals surface area contributed by atoms with Crippen molar-refractivity contribution in [1.82, 2.24) is 9.62 Å². The summed E-state index contributed by atoms with van der Waals surface area (Å²) in [6.07, 6.45) is 8.56. The van der Waals surface area contributed by atoms with Crippen molar-refractivity contribution in [2.45, 2.75) is 51.5 Å². The van der Waals surface area contributed by atoms with Gasteiger partial charge in [-0.25, -0.2) is 12.7 Å². The third-order valence-electron chi connectivity index (χ3n) is 4.39. The topological polar surface area (TPSA) is 49.4 Å². The Morgan fingerprint density at radius 1 is 1.32 bits per heavy atom. The fourth-order valence-electron chi connectivity index (χ4n) is 3.15. The highest BCUT2D eigenvalue weighted by Gasteiger charge is 2.34. The standard InChI is InChI=1S/C14H28N2O2S/c1-3-8-15-14(13-6-7-13)10-12-5-4-9-16(11-12)19(2,17)18/h12-15H,3-11H2,1-2H3. The van der Waals surface area contributed by atoms with Gasteiger partial charge >= 0.3 is 0 Å². The molecule has 19 heavy (non-hydrogen) atoms. The number of rotatable bonds is 7. The Kier molecular flexibility index (Phi) is 5.26. The molecule has 1 N–H and O–H groups in total. The zero-order valence-corrected chi connectivity index (χ0v) is 13.1. The number of nitrogens with zero attached hydrogens (tertiary/aromatic N) is 1. The smallest absolute Gasteiger partial charge is 0.211 e. The van der Waals surface area contributed by atoms with Crippen LogP contribution in [0.4, 0.5) is 0 Å². The van der Waals surface area contributed by atoms with Crippen LogP contribution in [-0.2, 0) is 10.0 Å². The molecule has 0 amide bonds. The number of nitrogens with one attached hydrogen (secondary N) is 1. The van der Waals surface area contributed by atoms with Crippen LogP contribution < -0.4 is 5.32 Å². The Labute approximate surface area is 118 Å². The lowest BCUT2D eigenvalue weighted by Crippen LogP contribution is -2.42. The molecule has 2 rings (SSSR count). The van der Waals surface area contributed by atoms with Crippen LogP contribution >= 0.6 is 0 Å². The lowest BCUT2D eigenvalue weighted by atomic mass is 9.90. The fourth-order valence-corrected chi connectivity index (χ4v) is 4.09. The van der Waals surface area contributed by atoms with E-state index in [4.69, 9.17) is 0 Å². The van der Waals surface area contributed by atoms with Crippen molar-refractivity contribution in [3.8, 4) is 0 Å². The number of hydrogen-bond acceptors (Lipinski definition) is 3. The zero-order valence-electron chi connectivity index (χ0n) is 12.3. The minimum atomic E-state index is -3.00. The first-order valence-electron chi connectivity index (χ1n) is 7.69. The van der Waals surface area contributed by atoms with Gasteiger partial charge in [-0.2, -0.15) is 0 Å². The fraction of sp³-hybridized carbons (Fsp3) is 1.00. The largest absolute Gasteiger partial charge is 0.314 e. The molecular weight excluding hydrogens is 260 g/mol. The van der Waals surface area contributed by atoms with Crippen molar-refractivity contribution in [3.63, 3.8) is 0 Å². The molecule has 0 aromatic carbocycles. The van der Waals surface area contributed by atoms with E-state index in [1.165, 1.54) is 31.9 Å². The van der Waals surface area contributed by atoms with Crippen molar-refractivity contribution in [2.24, 2.45) is 11.8 Å². The van der Waals surface area contributed by atoms with Crippen LogP contribution in [0.25, 0.3) is 0 Å². The van der Waals surface area contributed by atoms with Gasteiger partial charge in [0.15, 0.2) is 0 Å². The van der Waals surface area contributed by atoms with E-state index in [1.807, 2.05) is 0 Å². The van der Waals surface area contributed by atoms with E-state index in [2.05, 4.69) is 12.2 Å². The summed E-state index contributed by atoms with van der Waals surface area (Å²) in [6, 6.07) is 0.615. The molecule has 4 nitrogen and oxygen atoms in total. The molecule has 1 heterocycles. The molecule has 1 saturated carbocycles. The highest BCUT2D eigenvalue weighted by Crippen LogP contribution is 2.36. The minimum absolute atomic E-state index is 0.540. The second-order valence-electron chi connectivity index (χ2n) is 6.26. The average molecular weight is 288 g/mol. The van der Waals surface area contributed by atoms with Gasteiger partial charge in [0.05, 0.1) is 6.26 Å². The van der Waals surface area contributed by atoms with E-state index in [0.29, 0.717) is 18.5 Å². The van der Waals surface area contributed by atoms with Crippen molar-refractivity contribution < 1.29 is 8.42 Å². The quantitative estimate of drug-likeness (QED) is 0.777. The van der Waals surface area contributed by atoms with Crippen molar-refractivity contribution in [2.75, 3.05) is 25.9 Å². The molecule has 1 aliphatic heterocycles. The highest BCUT2D eigenvalue weighted by atomic mass is 32.2. The van der Waals surface area contributed by atoms with Crippen LogP contribution in [0.3, 0.4) is 0 Å². The number of piperidine rings is 1. The number of sulfonamides is 1. The predicted octanol–water partition coefficient (Wildman–Crippen LogP) is 1.83. The molecule has 2 unspecified atom stereocenters. The van der Waals surface area contributed by atoms with Crippen molar-refractivity contribution in [3.05, 3.63) is 0 Å². The Balaban J connectivity index is 1.86. The van der Waals surface area contributed by atoms with E-state index in [0.717, 1.165) is 31.8 Å². The van der Waals surface area contributed by atoms with Gasteiger partial charge in [-0.3, -0.25) is 0 Å². The van der Waals surface area contributed by atoms with Crippen LogP contribution in [-0.4, -0.2) is 44.7 Å². The Morgan fingerprint density at radius 2 is 2.05 bits per heavy atom. The van der Waals surface area contributed by atoms with Gasteiger partial charge in [-0.15, -0.1) is 0 Å². The van der Waals surface area contributed by atoms with Gasteiger partial charge in [0.25, 0.3) is 0 Å². The van der Waals surface area contributed by atoms with Crippen LogP contribution in [0.15, 0.2) is 0 Å². The molecule has 2 atom stereocenters. The molecule has 2 fully saturated rings. The highest BCUT2D eigenvalue weighted by molar-refractivity contribution is 7.88. The zero-order chi connectivity index (χ0) is 13.9. The predicted molar refractivity (Wildman–Crippen MR) is 78.6 cm³/mol. The Bertz CT molecular complexity index is 379. The van der Waals surface area contributed by atoms with Crippen LogP contribution in [0.1, 0.15) is 45.4 Å². The summed E-state index contributed by atoms with van der Waals surface area (Å²) >= 11 is 0. The summed E-state index contributed by atoms with van der Waals surface area (Å²) < 4.78 is 25.0. The summed E-state index contributed by atoms with van der Waals surface area (Å²) in [5, 5.41) is 3.66. The van der Waals surface area contributed by atoms with Gasteiger partial charge in [-0.1, -0.05) is 6.92 Å². The summed E-state index contributed by atoms with van der Waals surface area (Å²) in [5.41, 5.74) is 0. The van der Waals surface area contributed by atoms with Crippen LogP contribution in [0, 0.1) is 11.8 Å². The average Bonchev–Trinajstić information content (AvgIpc) is 3.18. The summed E-state index contributed by atoms with van der Waals surface area (Å²) in [4.78, 5) is 0. The molecule has 5 heteroatoms. The van der Waals surface area contributed by atoms with E-state index in [-0.39, 0.29) is 0 Å². The van der Waals surface area contributed by atoms with Crippen LogP contribution in [0.5, 0.6) is 0 Å². The molecule has 1 aliphatic carbocycles. The molecule has 0 radical (unpaired) electrons. The van der Waals surface area contributed by atoms with Gasteiger partial charge in [-0.05, 0) is 56.9 Å². The maximum Gasteiger partial charge on any atom is 0.211 e. The summed E-state index contributed by atoms with van der Waals surface area (Å²) in [5.74, 6) is 1.39. The maximum atomic E-state index is 11.6. The van der Waals surface area contributed by atoms with Gasteiger partial charge in [0, 0.05) is 19.1 Å². The molecule has 112 valence electrons. The van der Waals surface area contributed by atoms with Crippen molar-refractivity contribution in [1.29, 1.82) is 0 Å². The summed E-state index contributed by atoms with van der Waals surface area (Å²) in [6.45, 7) is 4.73. The molecule has 0 aromatic rings. The Morgan fingerprint density at radius 3 is 2.63 bits per heavy atom. The molecule has 0 bridgehead atoms. The normalized spacial score (nSPS) is 27.4. The minimum Gasteiger partial charge on any atom is -0.314 e. The van der Waals surface area contributed by atoms with Gasteiger partial charge in [0.1, 0.15) is 0 Å². The summed E-state index contributed by atoms with van der Waals surface area (Å²) in [7, 11) is -3.00. The first-order valence-corrected chi connectivity index (χ1v) is 9.54. The van der Waals surface area contributed by atoms with E-state index >= 15 is 0 Å². The first-order chi connectivity index (χ1) is 9.00. The van der Waals surface area contributed by atoms with Crippen molar-refractivity contribution >= 4 is 10.0 Å². The second-order valence-corrected chi connectivity index (χ2v) is 8.25. The lowest BCUT2D eigenvalue weighted by Gasteiger charge is -2.33. The molecule has 0 spiro atoms. The third kappa shape index (κ3) is 4.72. The first kappa shape index (κ1) is 15.3. The van der Waals surface area contributed by atoms with E-state index < -0.39 is 10.0 Å². The Hall–Kier alpha value is -0.130. The van der Waals surface area contributed by atoms with Gasteiger partial charge in [0.2, 0.25) is 10.0 Å². The molecule has 0 aromatic heterocycles. The third-order valence-corrected chi connectivity index (χ3v) is 5.66. The lowest BCUT2D eigenvalue weighted by molar-refractivity contribution is 0.231. The number of hydrogen-bond donors (Lipinski definition) is 1. The van der Waals surface area contributed by atoms with E-state index in [1.54, 1.807) is 4.31 Å². The molecule has 2 aliphatic rings.